The average Bonchev–Trinajstić information content (AvgIpc) is 3.02. The van der Waals surface area contributed by atoms with Gasteiger partial charge >= 0.3 is 0 Å². The summed E-state index contributed by atoms with van der Waals surface area (Å²) >= 11 is 0. The van der Waals surface area contributed by atoms with Crippen molar-refractivity contribution >= 4 is 17.4 Å². The predicted molar refractivity (Wildman–Crippen MR) is 102 cm³/mol. The van der Waals surface area contributed by atoms with Crippen molar-refractivity contribution in [1.29, 1.82) is 5.41 Å². The van der Waals surface area contributed by atoms with Crippen LogP contribution in [0.4, 0.5) is 5.69 Å². The molecule has 3 rings (SSSR count). The van der Waals surface area contributed by atoms with Crippen molar-refractivity contribution in [2.24, 2.45) is 0 Å². The number of carbonyl (C=O) groups excluding carboxylic acids is 1. The number of likely N-dealkylation sites (tertiary alicyclic amines) is 1. The Hall–Kier alpha value is -3.02. The number of amidine groups is 1. The van der Waals surface area contributed by atoms with Crippen molar-refractivity contribution in [2.75, 3.05) is 12.8 Å². The third-order valence-electron chi connectivity index (χ3n) is 4.64. The number of rotatable bonds is 6. The van der Waals surface area contributed by atoms with Crippen LogP contribution in [-0.2, 0) is 17.9 Å². The maximum absolute atomic E-state index is 12.3. The van der Waals surface area contributed by atoms with E-state index in [-0.39, 0.29) is 11.9 Å². The van der Waals surface area contributed by atoms with E-state index in [1.165, 1.54) is 0 Å². The fourth-order valence-corrected chi connectivity index (χ4v) is 3.11. The smallest absolute Gasteiger partial charge is 0.223 e. The number of nitrogens with two attached hydrogens (primary N) is 1. The SMILES string of the molecule is COc1ccc(CN2C(=O)CCC2C(=N)NCc2ccc(N)cc2)cc1. The Morgan fingerprint density at radius 3 is 2.50 bits per heavy atom. The summed E-state index contributed by atoms with van der Waals surface area (Å²) in [6, 6.07) is 15.0. The molecule has 0 aliphatic carbocycles. The minimum atomic E-state index is -0.210. The molecule has 1 atom stereocenters. The van der Waals surface area contributed by atoms with Gasteiger partial charge in [0.2, 0.25) is 5.91 Å². The molecule has 6 nitrogen and oxygen atoms in total. The number of hydrogen-bond acceptors (Lipinski definition) is 4. The molecule has 26 heavy (non-hydrogen) atoms. The average molecular weight is 352 g/mol. The molecule has 0 aromatic heterocycles. The van der Waals surface area contributed by atoms with Crippen molar-refractivity contribution in [1.82, 2.24) is 10.2 Å². The lowest BCUT2D eigenvalue weighted by Crippen LogP contribution is -2.43. The number of hydrogen-bond donors (Lipinski definition) is 3. The number of nitrogens with one attached hydrogen (secondary N) is 2. The molecular weight excluding hydrogens is 328 g/mol. The number of methoxy groups -OCH3 is 1. The van der Waals surface area contributed by atoms with E-state index in [2.05, 4.69) is 5.32 Å². The van der Waals surface area contributed by atoms with Crippen LogP contribution in [-0.4, -0.2) is 29.8 Å². The van der Waals surface area contributed by atoms with Crippen LogP contribution in [0.1, 0.15) is 24.0 Å². The number of ether oxygens (including phenoxy) is 1. The summed E-state index contributed by atoms with van der Waals surface area (Å²) in [5, 5.41) is 11.5. The first kappa shape index (κ1) is 17.8. The molecule has 1 fully saturated rings. The van der Waals surface area contributed by atoms with Crippen molar-refractivity contribution < 1.29 is 9.53 Å². The molecule has 1 amide bonds. The maximum Gasteiger partial charge on any atom is 0.223 e. The normalized spacial score (nSPS) is 16.6. The van der Waals surface area contributed by atoms with E-state index < -0.39 is 0 Å². The van der Waals surface area contributed by atoms with Gasteiger partial charge in [-0.2, -0.15) is 0 Å². The first-order chi connectivity index (χ1) is 12.6. The molecule has 1 aliphatic heterocycles. The summed E-state index contributed by atoms with van der Waals surface area (Å²) in [5.74, 6) is 1.25. The van der Waals surface area contributed by atoms with Crippen LogP contribution in [0.15, 0.2) is 48.5 Å². The predicted octanol–water partition coefficient (Wildman–Crippen LogP) is 2.54. The molecular formula is C20H24N4O2. The van der Waals surface area contributed by atoms with Crippen LogP contribution in [0.3, 0.4) is 0 Å². The third kappa shape index (κ3) is 4.14. The van der Waals surface area contributed by atoms with Crippen LogP contribution in [0.2, 0.25) is 0 Å². The van der Waals surface area contributed by atoms with Gasteiger partial charge in [0.1, 0.15) is 11.6 Å². The second kappa shape index (κ2) is 7.91. The van der Waals surface area contributed by atoms with Gasteiger partial charge in [-0.25, -0.2) is 0 Å². The van der Waals surface area contributed by atoms with E-state index in [4.69, 9.17) is 15.9 Å². The quantitative estimate of drug-likeness (QED) is 0.423. The van der Waals surface area contributed by atoms with Crippen LogP contribution in [0.5, 0.6) is 5.75 Å². The third-order valence-corrected chi connectivity index (χ3v) is 4.64. The van der Waals surface area contributed by atoms with Crippen LogP contribution < -0.4 is 15.8 Å². The zero-order valence-electron chi connectivity index (χ0n) is 14.9. The molecule has 1 unspecified atom stereocenters. The Kier molecular flexibility index (Phi) is 5.41. The number of nitrogens with zero attached hydrogens (tertiary/aromatic N) is 1. The van der Waals surface area contributed by atoms with Crippen molar-refractivity contribution in [3.63, 3.8) is 0 Å². The van der Waals surface area contributed by atoms with E-state index in [9.17, 15) is 4.79 Å². The van der Waals surface area contributed by atoms with Crippen molar-refractivity contribution in [3.8, 4) is 5.75 Å². The highest BCUT2D eigenvalue weighted by atomic mass is 16.5. The lowest BCUT2D eigenvalue weighted by molar-refractivity contribution is -0.128. The second-order valence-corrected chi connectivity index (χ2v) is 6.43. The first-order valence-electron chi connectivity index (χ1n) is 8.66. The minimum absolute atomic E-state index is 0.0878. The van der Waals surface area contributed by atoms with Gasteiger partial charge in [0.25, 0.3) is 0 Å². The van der Waals surface area contributed by atoms with E-state index in [1.807, 2.05) is 48.5 Å². The van der Waals surface area contributed by atoms with Crippen LogP contribution >= 0.6 is 0 Å². The molecule has 2 aromatic carbocycles. The summed E-state index contributed by atoms with van der Waals surface area (Å²) in [4.78, 5) is 14.1. The van der Waals surface area contributed by atoms with Gasteiger partial charge in [0.05, 0.1) is 13.2 Å². The summed E-state index contributed by atoms with van der Waals surface area (Å²) in [6.45, 7) is 1.04. The number of amides is 1. The molecule has 1 saturated heterocycles. The van der Waals surface area contributed by atoms with Crippen molar-refractivity contribution in [3.05, 3.63) is 59.7 Å². The standard InChI is InChI=1S/C20H24N4O2/c1-26-17-8-4-15(5-9-17)13-24-18(10-11-19(24)25)20(22)23-12-14-2-6-16(21)7-3-14/h2-9,18H,10-13,21H2,1H3,(H2,22,23). The van der Waals surface area contributed by atoms with Gasteiger partial charge < -0.3 is 20.7 Å². The van der Waals surface area contributed by atoms with Gasteiger partial charge in [-0.15, -0.1) is 0 Å². The zero-order valence-corrected chi connectivity index (χ0v) is 14.9. The van der Waals surface area contributed by atoms with E-state index in [0.29, 0.717) is 31.8 Å². The Balaban J connectivity index is 1.62. The van der Waals surface area contributed by atoms with Gasteiger partial charge in [-0.1, -0.05) is 24.3 Å². The molecule has 2 aromatic rings. The summed E-state index contributed by atoms with van der Waals surface area (Å²) < 4.78 is 5.17. The lowest BCUT2D eigenvalue weighted by Gasteiger charge is -2.26. The first-order valence-corrected chi connectivity index (χ1v) is 8.66. The Morgan fingerprint density at radius 1 is 1.19 bits per heavy atom. The Labute approximate surface area is 153 Å². The van der Waals surface area contributed by atoms with Gasteiger partial charge in [-0.05, 0) is 41.8 Å². The van der Waals surface area contributed by atoms with Gasteiger partial charge in [0, 0.05) is 25.2 Å². The molecule has 6 heteroatoms. The Bertz CT molecular complexity index is 771. The molecule has 0 saturated carbocycles. The highest BCUT2D eigenvalue weighted by Crippen LogP contribution is 2.23. The molecule has 0 radical (unpaired) electrons. The molecule has 1 aliphatic rings. The number of benzene rings is 2. The van der Waals surface area contributed by atoms with Gasteiger partial charge in [-0.3, -0.25) is 10.2 Å². The number of nitrogen functional groups attached to an aromatic ring is 1. The van der Waals surface area contributed by atoms with Crippen LogP contribution in [0.25, 0.3) is 0 Å². The molecule has 136 valence electrons. The molecule has 0 bridgehead atoms. The Morgan fingerprint density at radius 2 is 1.85 bits per heavy atom. The topological polar surface area (TPSA) is 91.4 Å². The highest BCUT2D eigenvalue weighted by Gasteiger charge is 2.33. The van der Waals surface area contributed by atoms with Crippen LogP contribution in [0, 0.1) is 5.41 Å². The molecule has 4 N–H and O–H groups in total. The molecule has 1 heterocycles. The van der Waals surface area contributed by atoms with Crippen molar-refractivity contribution in [2.45, 2.75) is 32.0 Å². The zero-order chi connectivity index (χ0) is 18.5. The van der Waals surface area contributed by atoms with Gasteiger partial charge in [0.15, 0.2) is 0 Å². The summed E-state index contributed by atoms with van der Waals surface area (Å²) in [6.07, 6.45) is 1.15. The number of anilines is 1. The fraction of sp³-hybridized carbons (Fsp3) is 0.300. The highest BCUT2D eigenvalue weighted by molar-refractivity contribution is 5.92. The van der Waals surface area contributed by atoms with E-state index >= 15 is 0 Å². The number of carbonyl (C=O) groups is 1. The summed E-state index contributed by atoms with van der Waals surface area (Å²) in [7, 11) is 1.63. The molecule has 0 spiro atoms. The van der Waals surface area contributed by atoms with E-state index in [0.717, 1.165) is 22.6 Å². The fourth-order valence-electron chi connectivity index (χ4n) is 3.11. The summed E-state index contributed by atoms with van der Waals surface area (Å²) in [5.41, 5.74) is 8.49. The maximum atomic E-state index is 12.3. The van der Waals surface area contributed by atoms with E-state index in [1.54, 1.807) is 12.0 Å². The monoisotopic (exact) mass is 352 g/mol. The minimum Gasteiger partial charge on any atom is -0.497 e. The largest absolute Gasteiger partial charge is 0.497 e. The lowest BCUT2D eigenvalue weighted by atomic mass is 10.1. The second-order valence-electron chi connectivity index (χ2n) is 6.43.